The second-order valence-corrected chi connectivity index (χ2v) is 6.14. The van der Waals surface area contributed by atoms with Crippen LogP contribution in [0.3, 0.4) is 0 Å². The van der Waals surface area contributed by atoms with Gasteiger partial charge in [-0.25, -0.2) is 4.79 Å². The number of hydrogen-bond donors (Lipinski definition) is 2. The van der Waals surface area contributed by atoms with E-state index in [1.54, 1.807) is 6.07 Å². The van der Waals surface area contributed by atoms with E-state index in [-0.39, 0.29) is 0 Å². The van der Waals surface area contributed by atoms with E-state index in [0.717, 1.165) is 43.9 Å². The molecule has 1 saturated heterocycles. The monoisotopic (exact) mass is 328 g/mol. The van der Waals surface area contributed by atoms with Gasteiger partial charge in [0, 0.05) is 25.3 Å². The summed E-state index contributed by atoms with van der Waals surface area (Å²) >= 11 is 0. The van der Waals surface area contributed by atoms with Crippen LogP contribution in [0.2, 0.25) is 0 Å². The van der Waals surface area contributed by atoms with Crippen molar-refractivity contribution in [1.82, 2.24) is 0 Å². The first-order valence-corrected chi connectivity index (χ1v) is 8.52. The number of carbonyl (C=O) groups is 1. The lowest BCUT2D eigenvalue weighted by molar-refractivity contribution is 0.0696. The van der Waals surface area contributed by atoms with Gasteiger partial charge in [-0.05, 0) is 37.5 Å². The number of carboxylic acid groups (broad SMARTS) is 1. The Morgan fingerprint density at radius 3 is 2.92 bits per heavy atom. The smallest absolute Gasteiger partial charge is 0.337 e. The van der Waals surface area contributed by atoms with Crippen molar-refractivity contribution in [2.24, 2.45) is 0 Å². The molecule has 5 nitrogen and oxygen atoms in total. The van der Waals surface area contributed by atoms with Crippen molar-refractivity contribution in [2.75, 3.05) is 43.1 Å². The molecule has 0 unspecified atom stereocenters. The average Bonchev–Trinajstić information content (AvgIpc) is 2.89. The molecule has 128 valence electrons. The molecule has 0 spiro atoms. The average molecular weight is 328 g/mol. The predicted octanol–water partition coefficient (Wildman–Crippen LogP) is 3.30. The van der Waals surface area contributed by atoms with E-state index in [2.05, 4.69) is 28.4 Å². The molecule has 0 radical (unpaired) electrons. The van der Waals surface area contributed by atoms with Crippen molar-refractivity contribution in [3.8, 4) is 0 Å². The van der Waals surface area contributed by atoms with Crippen LogP contribution in [-0.4, -0.2) is 43.9 Å². The molecular weight excluding hydrogens is 304 g/mol. The Balaban J connectivity index is 1.72. The van der Waals surface area contributed by atoms with Crippen molar-refractivity contribution < 1.29 is 14.6 Å². The SMILES string of the molecule is O=C(O)c1cc(NCC2=CC=CCCC2)ccc1N1CCOCC1. The predicted molar refractivity (Wildman–Crippen MR) is 96.0 cm³/mol. The van der Waals surface area contributed by atoms with E-state index < -0.39 is 5.97 Å². The molecule has 1 aromatic rings. The Morgan fingerprint density at radius 1 is 1.29 bits per heavy atom. The first kappa shape index (κ1) is 16.6. The van der Waals surface area contributed by atoms with E-state index in [0.29, 0.717) is 18.8 Å². The highest BCUT2D eigenvalue weighted by molar-refractivity contribution is 5.95. The highest BCUT2D eigenvalue weighted by Crippen LogP contribution is 2.26. The van der Waals surface area contributed by atoms with Gasteiger partial charge >= 0.3 is 5.97 Å². The maximum absolute atomic E-state index is 11.7. The standard InChI is InChI=1S/C19H24N2O3/c22-19(23)17-13-16(20-14-15-5-3-1-2-4-6-15)7-8-18(17)21-9-11-24-12-10-21/h1,3,5,7-8,13,20H,2,4,6,9-12,14H2,(H,22,23). The minimum Gasteiger partial charge on any atom is -0.478 e. The number of aromatic carboxylic acids is 1. The molecule has 0 amide bonds. The van der Waals surface area contributed by atoms with Crippen LogP contribution < -0.4 is 10.2 Å². The number of hydrogen-bond acceptors (Lipinski definition) is 4. The second kappa shape index (κ2) is 8.02. The highest BCUT2D eigenvalue weighted by Gasteiger charge is 2.19. The Bertz CT molecular complexity index is 646. The van der Waals surface area contributed by atoms with Crippen molar-refractivity contribution in [1.29, 1.82) is 0 Å². The Hall–Kier alpha value is -2.27. The lowest BCUT2D eigenvalue weighted by Gasteiger charge is -2.30. The number of morpholine rings is 1. The molecule has 3 rings (SSSR count). The number of carboxylic acids is 1. The molecule has 1 aromatic carbocycles. The fraction of sp³-hybridized carbons (Fsp3) is 0.421. The van der Waals surface area contributed by atoms with Crippen LogP contribution in [0, 0.1) is 0 Å². The lowest BCUT2D eigenvalue weighted by Crippen LogP contribution is -2.37. The van der Waals surface area contributed by atoms with Crippen LogP contribution in [-0.2, 0) is 4.74 Å². The number of ether oxygens (including phenoxy) is 1. The number of allylic oxidation sites excluding steroid dienone is 3. The van der Waals surface area contributed by atoms with Gasteiger partial charge in [0.05, 0.1) is 24.5 Å². The summed E-state index contributed by atoms with van der Waals surface area (Å²) in [5.41, 5.74) is 3.31. The van der Waals surface area contributed by atoms with Crippen LogP contribution in [0.5, 0.6) is 0 Å². The molecule has 1 fully saturated rings. The third-order valence-electron chi connectivity index (χ3n) is 4.44. The van der Waals surface area contributed by atoms with Crippen LogP contribution in [0.15, 0.2) is 42.0 Å². The largest absolute Gasteiger partial charge is 0.478 e. The summed E-state index contributed by atoms with van der Waals surface area (Å²) in [5, 5.41) is 12.9. The maximum Gasteiger partial charge on any atom is 0.337 e. The lowest BCUT2D eigenvalue weighted by atomic mass is 10.1. The summed E-state index contributed by atoms with van der Waals surface area (Å²) in [6.07, 6.45) is 9.82. The number of rotatable bonds is 5. The van der Waals surface area contributed by atoms with Crippen molar-refractivity contribution in [3.05, 3.63) is 47.6 Å². The molecular formula is C19H24N2O3. The van der Waals surface area contributed by atoms with E-state index >= 15 is 0 Å². The molecule has 2 aliphatic rings. The van der Waals surface area contributed by atoms with E-state index in [1.165, 1.54) is 12.0 Å². The van der Waals surface area contributed by atoms with Crippen LogP contribution in [0.25, 0.3) is 0 Å². The summed E-state index contributed by atoms with van der Waals surface area (Å²) in [6, 6.07) is 5.60. The minimum absolute atomic E-state index is 0.344. The quantitative estimate of drug-likeness (QED) is 0.868. The normalized spacial score (nSPS) is 18.0. The fourth-order valence-corrected chi connectivity index (χ4v) is 3.09. The summed E-state index contributed by atoms with van der Waals surface area (Å²) in [6.45, 7) is 3.49. The van der Waals surface area contributed by atoms with Crippen LogP contribution >= 0.6 is 0 Å². The third kappa shape index (κ3) is 4.17. The zero-order valence-corrected chi connectivity index (χ0v) is 13.8. The summed E-state index contributed by atoms with van der Waals surface area (Å²) < 4.78 is 5.35. The Morgan fingerprint density at radius 2 is 2.12 bits per heavy atom. The fourth-order valence-electron chi connectivity index (χ4n) is 3.09. The van der Waals surface area contributed by atoms with Gasteiger partial charge in [-0.2, -0.15) is 0 Å². The van der Waals surface area contributed by atoms with Crippen LogP contribution in [0.4, 0.5) is 11.4 Å². The van der Waals surface area contributed by atoms with Crippen LogP contribution in [0.1, 0.15) is 29.6 Å². The molecule has 0 saturated carbocycles. The first-order chi connectivity index (χ1) is 11.7. The molecule has 1 heterocycles. The van der Waals surface area contributed by atoms with E-state index in [9.17, 15) is 9.90 Å². The number of anilines is 2. The minimum atomic E-state index is -0.892. The molecule has 1 aliphatic heterocycles. The van der Waals surface area contributed by atoms with E-state index in [1.807, 2.05) is 12.1 Å². The molecule has 0 aromatic heterocycles. The van der Waals surface area contributed by atoms with Crippen molar-refractivity contribution in [2.45, 2.75) is 19.3 Å². The zero-order valence-electron chi connectivity index (χ0n) is 13.8. The maximum atomic E-state index is 11.7. The topological polar surface area (TPSA) is 61.8 Å². The van der Waals surface area contributed by atoms with Gasteiger partial charge in [0.1, 0.15) is 0 Å². The second-order valence-electron chi connectivity index (χ2n) is 6.14. The molecule has 2 N–H and O–H groups in total. The number of benzene rings is 1. The van der Waals surface area contributed by atoms with Crippen molar-refractivity contribution >= 4 is 17.3 Å². The molecule has 5 heteroatoms. The van der Waals surface area contributed by atoms with Crippen molar-refractivity contribution in [3.63, 3.8) is 0 Å². The van der Waals surface area contributed by atoms with Gasteiger partial charge in [-0.15, -0.1) is 0 Å². The molecule has 24 heavy (non-hydrogen) atoms. The van der Waals surface area contributed by atoms with Gasteiger partial charge in [-0.1, -0.05) is 23.8 Å². The first-order valence-electron chi connectivity index (χ1n) is 8.52. The highest BCUT2D eigenvalue weighted by atomic mass is 16.5. The Kier molecular flexibility index (Phi) is 5.54. The summed E-state index contributed by atoms with van der Waals surface area (Å²) in [7, 11) is 0. The third-order valence-corrected chi connectivity index (χ3v) is 4.44. The van der Waals surface area contributed by atoms with E-state index in [4.69, 9.17) is 4.74 Å². The van der Waals surface area contributed by atoms with Gasteiger partial charge in [0.15, 0.2) is 0 Å². The molecule has 1 aliphatic carbocycles. The van der Waals surface area contributed by atoms with Gasteiger partial charge in [-0.3, -0.25) is 0 Å². The van der Waals surface area contributed by atoms with Gasteiger partial charge in [0.2, 0.25) is 0 Å². The summed E-state index contributed by atoms with van der Waals surface area (Å²) in [5.74, 6) is -0.892. The number of nitrogens with one attached hydrogen (secondary N) is 1. The molecule has 0 bridgehead atoms. The van der Waals surface area contributed by atoms with Gasteiger partial charge in [0.25, 0.3) is 0 Å². The number of nitrogens with zero attached hydrogens (tertiary/aromatic N) is 1. The summed E-state index contributed by atoms with van der Waals surface area (Å²) in [4.78, 5) is 13.7. The Labute approximate surface area is 142 Å². The molecule has 0 atom stereocenters. The van der Waals surface area contributed by atoms with Gasteiger partial charge < -0.3 is 20.1 Å². The zero-order chi connectivity index (χ0) is 16.8.